The summed E-state index contributed by atoms with van der Waals surface area (Å²) < 4.78 is 54.8. The molecule has 0 radical (unpaired) electrons. The molecule has 1 saturated heterocycles. The van der Waals surface area contributed by atoms with Crippen molar-refractivity contribution in [3.8, 4) is 0 Å². The van der Waals surface area contributed by atoms with Gasteiger partial charge in [-0.25, -0.2) is 17.2 Å². The second-order valence-electron chi connectivity index (χ2n) is 7.16. The van der Waals surface area contributed by atoms with E-state index >= 15 is 0 Å². The van der Waals surface area contributed by atoms with E-state index in [0.29, 0.717) is 41.0 Å². The molecule has 12 heteroatoms. The van der Waals surface area contributed by atoms with Crippen molar-refractivity contribution in [2.75, 3.05) is 11.9 Å². The number of rotatable bonds is 5. The molecule has 1 fully saturated rings. The van der Waals surface area contributed by atoms with Crippen LogP contribution in [0.4, 0.5) is 14.5 Å². The molecule has 32 heavy (non-hydrogen) atoms. The van der Waals surface area contributed by atoms with Crippen molar-refractivity contribution in [3.63, 3.8) is 0 Å². The fraction of sp³-hybridized carbons (Fsp3) is 0.250. The number of benzene rings is 2. The summed E-state index contributed by atoms with van der Waals surface area (Å²) in [5.74, 6) is -2.42. The number of sulfonamides is 1. The van der Waals surface area contributed by atoms with E-state index in [0.717, 1.165) is 23.5 Å². The maximum atomic E-state index is 13.8. The minimum atomic E-state index is -3.86. The van der Waals surface area contributed by atoms with E-state index in [4.69, 9.17) is 11.6 Å². The van der Waals surface area contributed by atoms with E-state index in [1.807, 2.05) is 0 Å². The van der Waals surface area contributed by atoms with Crippen LogP contribution in [0.2, 0.25) is 5.02 Å². The predicted molar refractivity (Wildman–Crippen MR) is 116 cm³/mol. The van der Waals surface area contributed by atoms with Gasteiger partial charge in [0.1, 0.15) is 16.6 Å². The zero-order chi connectivity index (χ0) is 23.0. The van der Waals surface area contributed by atoms with E-state index in [9.17, 15) is 22.0 Å². The molecule has 7 nitrogen and oxygen atoms in total. The molecule has 0 bridgehead atoms. The van der Waals surface area contributed by atoms with Gasteiger partial charge in [0, 0.05) is 17.6 Å². The SMILES string of the molecule is Cc1c(Cl)cccc1S(=O)(=O)N1CCCC1c1nnc(C(=O)Nc2ccc(F)cc2F)s1. The van der Waals surface area contributed by atoms with E-state index in [1.54, 1.807) is 19.1 Å². The van der Waals surface area contributed by atoms with Crippen LogP contribution < -0.4 is 5.32 Å². The zero-order valence-corrected chi connectivity index (χ0v) is 19.1. The number of hydrogen-bond donors (Lipinski definition) is 1. The highest BCUT2D eigenvalue weighted by Crippen LogP contribution is 2.39. The number of nitrogens with one attached hydrogen (secondary N) is 1. The Kier molecular flexibility index (Phi) is 6.26. The summed E-state index contributed by atoms with van der Waals surface area (Å²) in [4.78, 5) is 12.6. The van der Waals surface area contributed by atoms with Gasteiger partial charge in [0.2, 0.25) is 15.0 Å². The summed E-state index contributed by atoms with van der Waals surface area (Å²) in [5.41, 5.74) is 0.258. The van der Waals surface area contributed by atoms with Gasteiger partial charge < -0.3 is 5.32 Å². The van der Waals surface area contributed by atoms with Crippen molar-refractivity contribution in [1.29, 1.82) is 0 Å². The monoisotopic (exact) mass is 498 g/mol. The number of carbonyl (C=O) groups is 1. The van der Waals surface area contributed by atoms with Crippen molar-refractivity contribution in [3.05, 3.63) is 68.6 Å². The lowest BCUT2D eigenvalue weighted by atomic mass is 10.2. The first-order valence-electron chi connectivity index (χ1n) is 9.55. The number of halogens is 3. The molecular weight excluding hydrogens is 482 g/mol. The average molecular weight is 499 g/mol. The summed E-state index contributed by atoms with van der Waals surface area (Å²) in [6, 6.07) is 6.89. The average Bonchev–Trinajstić information content (AvgIpc) is 3.41. The van der Waals surface area contributed by atoms with Gasteiger partial charge in [0.25, 0.3) is 5.91 Å². The van der Waals surface area contributed by atoms with Gasteiger partial charge in [-0.15, -0.1) is 10.2 Å². The molecule has 1 aromatic heterocycles. The summed E-state index contributed by atoms with van der Waals surface area (Å²) in [6.45, 7) is 1.93. The zero-order valence-electron chi connectivity index (χ0n) is 16.7. The highest BCUT2D eigenvalue weighted by molar-refractivity contribution is 7.89. The van der Waals surface area contributed by atoms with Gasteiger partial charge in [-0.1, -0.05) is 29.0 Å². The molecule has 1 unspecified atom stereocenters. The van der Waals surface area contributed by atoms with Crippen molar-refractivity contribution in [2.45, 2.75) is 30.7 Å². The Balaban J connectivity index is 1.58. The fourth-order valence-corrected chi connectivity index (χ4v) is 6.59. The molecule has 168 valence electrons. The van der Waals surface area contributed by atoms with Gasteiger partial charge in [-0.2, -0.15) is 4.31 Å². The molecule has 2 heterocycles. The van der Waals surface area contributed by atoms with E-state index in [1.165, 1.54) is 10.4 Å². The predicted octanol–water partition coefficient (Wildman–Crippen LogP) is 4.56. The number of nitrogens with zero attached hydrogens (tertiary/aromatic N) is 3. The Bertz CT molecular complexity index is 1300. The minimum Gasteiger partial charge on any atom is -0.317 e. The lowest BCUT2D eigenvalue weighted by molar-refractivity contribution is 0.102. The van der Waals surface area contributed by atoms with Gasteiger partial charge in [-0.3, -0.25) is 4.79 Å². The molecule has 0 saturated carbocycles. The number of aromatic nitrogens is 2. The van der Waals surface area contributed by atoms with Crippen molar-refractivity contribution in [1.82, 2.24) is 14.5 Å². The molecular formula is C20H17ClF2N4O3S2. The second kappa shape index (κ2) is 8.81. The first kappa shape index (κ1) is 22.7. The highest BCUT2D eigenvalue weighted by Gasteiger charge is 2.39. The van der Waals surface area contributed by atoms with Crippen LogP contribution in [0.1, 0.15) is 39.3 Å². The largest absolute Gasteiger partial charge is 0.317 e. The number of amides is 1. The Morgan fingerprint density at radius 1 is 1.25 bits per heavy atom. The van der Waals surface area contributed by atoms with Crippen molar-refractivity contribution >= 4 is 44.6 Å². The molecule has 0 aliphatic carbocycles. The van der Waals surface area contributed by atoms with Gasteiger partial charge >= 0.3 is 0 Å². The molecule has 0 spiro atoms. The van der Waals surface area contributed by atoms with E-state index in [2.05, 4.69) is 15.5 Å². The molecule has 2 aromatic carbocycles. The topological polar surface area (TPSA) is 92.3 Å². The van der Waals surface area contributed by atoms with Gasteiger partial charge in [-0.05, 0) is 49.6 Å². The summed E-state index contributed by atoms with van der Waals surface area (Å²) in [5, 5.41) is 10.8. The van der Waals surface area contributed by atoms with Crippen LogP contribution in [0.25, 0.3) is 0 Å². The molecule has 1 aliphatic heterocycles. The van der Waals surface area contributed by atoms with Gasteiger partial charge in [0.15, 0.2) is 0 Å². The Labute approximate surface area is 192 Å². The maximum absolute atomic E-state index is 13.8. The van der Waals surface area contributed by atoms with Crippen LogP contribution in [0.3, 0.4) is 0 Å². The van der Waals surface area contributed by atoms with E-state index in [-0.39, 0.29) is 15.6 Å². The van der Waals surface area contributed by atoms with Crippen LogP contribution in [-0.2, 0) is 10.0 Å². The standard InChI is InChI=1S/C20H17ClF2N4O3S2/c1-11-13(21)4-2-6-17(11)32(29,30)27-9-3-5-16(27)19-25-26-20(31-19)18(28)24-15-8-7-12(22)10-14(15)23/h2,4,6-8,10,16H,3,5,9H2,1H3,(H,24,28). The summed E-state index contributed by atoms with van der Waals surface area (Å²) in [6.07, 6.45) is 1.13. The van der Waals surface area contributed by atoms with Crippen molar-refractivity contribution < 1.29 is 22.0 Å². The van der Waals surface area contributed by atoms with Gasteiger partial charge in [0.05, 0.1) is 16.6 Å². The third kappa shape index (κ3) is 4.25. The second-order valence-corrected chi connectivity index (χ2v) is 10.4. The molecule has 1 aliphatic rings. The molecule has 1 N–H and O–H groups in total. The highest BCUT2D eigenvalue weighted by atomic mass is 35.5. The van der Waals surface area contributed by atoms with Crippen LogP contribution in [0.15, 0.2) is 41.3 Å². The Hall–Kier alpha value is -2.47. The first-order chi connectivity index (χ1) is 15.2. The maximum Gasteiger partial charge on any atom is 0.286 e. The molecule has 1 amide bonds. The summed E-state index contributed by atoms with van der Waals surface area (Å²) in [7, 11) is -3.86. The lowest BCUT2D eigenvalue weighted by Gasteiger charge is -2.23. The minimum absolute atomic E-state index is 0.0630. The number of hydrogen-bond acceptors (Lipinski definition) is 6. The lowest BCUT2D eigenvalue weighted by Crippen LogP contribution is -2.31. The van der Waals surface area contributed by atoms with Crippen LogP contribution in [0, 0.1) is 18.6 Å². The molecule has 4 rings (SSSR count). The molecule has 3 aromatic rings. The molecule has 1 atom stereocenters. The first-order valence-corrected chi connectivity index (χ1v) is 12.2. The van der Waals surface area contributed by atoms with Crippen LogP contribution in [0.5, 0.6) is 0 Å². The van der Waals surface area contributed by atoms with Crippen LogP contribution >= 0.6 is 22.9 Å². The smallest absolute Gasteiger partial charge is 0.286 e. The van der Waals surface area contributed by atoms with E-state index < -0.39 is 33.6 Å². The number of anilines is 1. The third-order valence-electron chi connectivity index (χ3n) is 5.11. The fourth-order valence-electron chi connectivity index (χ4n) is 3.50. The normalized spacial score (nSPS) is 16.9. The third-order valence-corrected chi connectivity index (χ3v) is 8.59. The van der Waals surface area contributed by atoms with Crippen LogP contribution in [-0.4, -0.2) is 35.4 Å². The number of carbonyl (C=O) groups excluding carboxylic acids is 1. The van der Waals surface area contributed by atoms with Crippen molar-refractivity contribution in [2.24, 2.45) is 0 Å². The quantitative estimate of drug-likeness (QED) is 0.557. The Morgan fingerprint density at radius 3 is 2.78 bits per heavy atom. The summed E-state index contributed by atoms with van der Waals surface area (Å²) >= 11 is 7.04. The Morgan fingerprint density at radius 2 is 2.03 bits per heavy atom.